The van der Waals surface area contributed by atoms with E-state index >= 15 is 0 Å². The van der Waals surface area contributed by atoms with Crippen molar-refractivity contribution in [3.63, 3.8) is 0 Å². The highest BCUT2D eigenvalue weighted by molar-refractivity contribution is 6.03. The number of anilines is 2. The number of pyridine rings is 1. The van der Waals surface area contributed by atoms with E-state index in [1.165, 1.54) is 29.9 Å². The fourth-order valence-corrected chi connectivity index (χ4v) is 9.16. The Hall–Kier alpha value is -5.75. The first-order valence-corrected chi connectivity index (χ1v) is 21.3. The molecule has 1 atom stereocenters. The minimum Gasteiger partial charge on any atom is -0.444 e. The van der Waals surface area contributed by atoms with Gasteiger partial charge in [0.2, 0.25) is 17.7 Å². The molecule has 9 rings (SSSR count). The smallest absolute Gasteiger partial charge is 0.329 e. The highest BCUT2D eigenvalue weighted by atomic mass is 19.3. The predicted octanol–water partition coefficient (Wildman–Crippen LogP) is 5.17. The van der Waals surface area contributed by atoms with E-state index in [2.05, 4.69) is 47.9 Å². The number of amides is 3. The molecule has 5 aromatic rings. The number of hydrogen-bond acceptors (Lipinski definition) is 11. The van der Waals surface area contributed by atoms with Crippen LogP contribution in [0.4, 0.5) is 20.3 Å². The van der Waals surface area contributed by atoms with Crippen LogP contribution < -0.4 is 21.6 Å². The van der Waals surface area contributed by atoms with Gasteiger partial charge in [-0.25, -0.2) is 23.5 Å². The van der Waals surface area contributed by atoms with E-state index in [9.17, 15) is 28.0 Å². The normalized spacial score (nSPS) is 21.3. The third-order valence-electron chi connectivity index (χ3n) is 12.9. The number of imidazole rings is 1. The second-order valence-electron chi connectivity index (χ2n) is 17.2. The van der Waals surface area contributed by atoms with E-state index in [4.69, 9.17) is 4.42 Å². The van der Waals surface area contributed by atoms with Crippen LogP contribution in [0.25, 0.3) is 22.5 Å². The molecule has 4 aliphatic rings. The van der Waals surface area contributed by atoms with Gasteiger partial charge in [-0.05, 0) is 94.0 Å². The molecular weight excluding hydrogens is 789 g/mol. The molecule has 3 amide bonds. The van der Waals surface area contributed by atoms with Crippen molar-refractivity contribution in [2.75, 3.05) is 50.4 Å². The maximum Gasteiger partial charge on any atom is 0.329 e. The van der Waals surface area contributed by atoms with Crippen molar-refractivity contribution in [1.29, 1.82) is 0 Å². The zero-order valence-corrected chi connectivity index (χ0v) is 34.4. The molecule has 16 nitrogen and oxygen atoms in total. The number of aromatic nitrogens is 6. The summed E-state index contributed by atoms with van der Waals surface area (Å²) in [5, 5.41) is 12.5. The Morgan fingerprint density at radius 3 is 2.59 bits per heavy atom. The van der Waals surface area contributed by atoms with Crippen LogP contribution in [0.15, 0.2) is 58.2 Å². The summed E-state index contributed by atoms with van der Waals surface area (Å²) in [6.07, 6.45) is 8.63. The lowest BCUT2D eigenvalue weighted by molar-refractivity contribution is -0.135. The summed E-state index contributed by atoms with van der Waals surface area (Å²) in [7, 11) is 3.90. The van der Waals surface area contributed by atoms with Gasteiger partial charge in [0.25, 0.3) is 12.3 Å². The Bertz CT molecular complexity index is 2490. The van der Waals surface area contributed by atoms with Crippen LogP contribution in [-0.4, -0.2) is 102 Å². The molecule has 4 aromatic heterocycles. The van der Waals surface area contributed by atoms with Crippen molar-refractivity contribution in [1.82, 2.24) is 44.0 Å². The lowest BCUT2D eigenvalue weighted by atomic mass is 9.85. The number of imide groups is 1. The van der Waals surface area contributed by atoms with Gasteiger partial charge in [-0.3, -0.25) is 38.4 Å². The van der Waals surface area contributed by atoms with Crippen molar-refractivity contribution >= 4 is 40.3 Å². The third-order valence-corrected chi connectivity index (χ3v) is 12.9. The molecule has 2 aliphatic heterocycles. The predicted molar refractivity (Wildman–Crippen MR) is 222 cm³/mol. The molecule has 18 heteroatoms. The summed E-state index contributed by atoms with van der Waals surface area (Å²) >= 11 is 0. The standard InChI is InChI=1S/C43H51F2N11O5/c1-52(30-21-54(22-30)17-15-27-4-3-5-33-38(27)53(2)43(60)56(33)34-12-13-36(57)50-41(34)59)20-26-8-10-29(11-9-26)55-23-31(37(51-55)39(44)45)48-40(58)32-24-61-42(49-32)28-14-16-46-35(18-28)47-19-25-6-7-25/h3-5,14,16,18,23-26,29-30,34,39H,6-13,15,17,19-22H2,1-2H3,(H,46,47)(H,48,58)(H,50,57,59)/t26-,29-,34?. The Balaban J connectivity index is 0.747. The minimum absolute atomic E-state index is 0.0311. The average molecular weight is 840 g/mol. The Morgan fingerprint density at radius 2 is 1.84 bits per heavy atom. The maximum atomic E-state index is 14.2. The first-order chi connectivity index (χ1) is 29.5. The minimum atomic E-state index is -2.87. The van der Waals surface area contributed by atoms with Gasteiger partial charge in [-0.1, -0.05) is 12.1 Å². The number of para-hydroxylation sites is 1. The van der Waals surface area contributed by atoms with E-state index in [0.29, 0.717) is 41.2 Å². The topological polar surface area (TPSA) is 177 Å². The molecule has 0 bridgehead atoms. The number of piperidine rings is 1. The average Bonchev–Trinajstić information content (AvgIpc) is 3.63. The van der Waals surface area contributed by atoms with Crippen LogP contribution in [-0.2, 0) is 23.1 Å². The molecule has 2 saturated carbocycles. The van der Waals surface area contributed by atoms with E-state index in [-0.39, 0.29) is 41.3 Å². The zero-order chi connectivity index (χ0) is 42.4. The van der Waals surface area contributed by atoms with Crippen LogP contribution in [0.1, 0.15) is 91.6 Å². The summed E-state index contributed by atoms with van der Waals surface area (Å²) in [6, 6.07) is 9.01. The van der Waals surface area contributed by atoms with Gasteiger partial charge < -0.3 is 20.0 Å². The van der Waals surface area contributed by atoms with Crippen LogP contribution in [0.2, 0.25) is 0 Å². The summed E-state index contributed by atoms with van der Waals surface area (Å²) in [6.45, 7) is 4.51. The molecule has 61 heavy (non-hydrogen) atoms. The first kappa shape index (κ1) is 40.6. The van der Waals surface area contributed by atoms with Crippen molar-refractivity contribution in [3.05, 3.63) is 76.4 Å². The number of benzene rings is 1. The second-order valence-corrected chi connectivity index (χ2v) is 17.2. The molecule has 3 N–H and O–H groups in total. The van der Waals surface area contributed by atoms with Gasteiger partial charge in [0.1, 0.15) is 18.1 Å². The molecule has 322 valence electrons. The van der Waals surface area contributed by atoms with Crippen LogP contribution in [0, 0.1) is 11.8 Å². The number of aryl methyl sites for hydroxylation is 1. The van der Waals surface area contributed by atoms with Crippen molar-refractivity contribution < 1.29 is 27.6 Å². The number of likely N-dealkylation sites (N-methyl/N-ethyl adjacent to an activating group) is 1. The number of fused-ring (bicyclic) bond motifs is 1. The summed E-state index contributed by atoms with van der Waals surface area (Å²) < 4.78 is 38.7. The van der Waals surface area contributed by atoms with Gasteiger partial charge in [0.15, 0.2) is 11.4 Å². The Morgan fingerprint density at radius 1 is 1.05 bits per heavy atom. The van der Waals surface area contributed by atoms with E-state index in [1.807, 2.05) is 18.2 Å². The van der Waals surface area contributed by atoms with Gasteiger partial charge in [-0.15, -0.1) is 0 Å². The highest BCUT2D eigenvalue weighted by Crippen LogP contribution is 2.36. The first-order valence-electron chi connectivity index (χ1n) is 21.3. The fourth-order valence-electron chi connectivity index (χ4n) is 9.16. The number of likely N-dealkylation sites (tertiary alicyclic amines) is 1. The second kappa shape index (κ2) is 17.0. The molecule has 6 heterocycles. The number of rotatable bonds is 15. The number of carbonyl (C=O) groups excluding carboxylic acids is 3. The molecular formula is C43H51F2N11O5. The summed E-state index contributed by atoms with van der Waals surface area (Å²) in [4.78, 5) is 64.4. The highest BCUT2D eigenvalue weighted by Gasteiger charge is 2.34. The van der Waals surface area contributed by atoms with Crippen molar-refractivity contribution in [2.24, 2.45) is 18.9 Å². The van der Waals surface area contributed by atoms with Crippen LogP contribution in [0.5, 0.6) is 0 Å². The molecule has 1 unspecified atom stereocenters. The molecule has 1 aromatic carbocycles. The molecule has 2 aliphatic carbocycles. The zero-order valence-electron chi connectivity index (χ0n) is 34.4. The van der Waals surface area contributed by atoms with Crippen LogP contribution in [0.3, 0.4) is 0 Å². The molecule has 0 radical (unpaired) electrons. The molecule has 2 saturated heterocycles. The molecule has 0 spiro atoms. The number of hydrogen-bond donors (Lipinski definition) is 3. The van der Waals surface area contributed by atoms with Gasteiger partial charge in [-0.2, -0.15) is 5.10 Å². The number of halogens is 2. The van der Waals surface area contributed by atoms with Crippen molar-refractivity contribution in [3.8, 4) is 11.5 Å². The summed E-state index contributed by atoms with van der Waals surface area (Å²) in [5.41, 5.74) is 2.40. The monoisotopic (exact) mass is 839 g/mol. The van der Waals surface area contributed by atoms with Gasteiger partial charge in [0, 0.05) is 70.2 Å². The van der Waals surface area contributed by atoms with E-state index in [1.54, 1.807) is 34.6 Å². The fraction of sp³-hybridized carbons (Fsp3) is 0.512. The Labute approximate surface area is 350 Å². The number of nitrogens with one attached hydrogen (secondary N) is 3. The molecule has 4 fully saturated rings. The van der Waals surface area contributed by atoms with E-state index < -0.39 is 30.0 Å². The maximum absolute atomic E-state index is 14.2. The number of carbonyl (C=O) groups is 3. The third kappa shape index (κ3) is 8.60. The van der Waals surface area contributed by atoms with Crippen LogP contribution >= 0.6 is 0 Å². The lowest BCUT2D eigenvalue weighted by Gasteiger charge is -2.45. The number of alkyl halides is 2. The lowest BCUT2D eigenvalue weighted by Crippen LogP contribution is -2.59. The largest absolute Gasteiger partial charge is 0.444 e. The quantitative estimate of drug-likeness (QED) is 0.119. The SMILES string of the molecule is CN(C[C@H]1CC[C@H](n2cc(NC(=O)c3coc(-c4ccnc(NCC5CC5)c4)n3)c(C(F)F)n2)CC1)C1CN(CCc2cccc3c2n(C)c(=O)n3C2CCC(=O)NC2=O)C1. The number of oxazole rings is 1. The Kier molecular flexibility index (Phi) is 11.3. The van der Waals surface area contributed by atoms with E-state index in [0.717, 1.165) is 75.9 Å². The summed E-state index contributed by atoms with van der Waals surface area (Å²) in [5.74, 6) is 0.640. The van der Waals surface area contributed by atoms with Gasteiger partial charge >= 0.3 is 5.69 Å². The number of nitrogens with zero attached hydrogens (tertiary/aromatic N) is 8. The van der Waals surface area contributed by atoms with Crippen molar-refractivity contribution in [2.45, 2.75) is 82.3 Å². The van der Waals surface area contributed by atoms with Gasteiger partial charge in [0.05, 0.1) is 22.8 Å².